The molecule has 2 fully saturated rings. The Labute approximate surface area is 107 Å². The Kier molecular flexibility index (Phi) is 4.87. The Morgan fingerprint density at radius 2 is 1.59 bits per heavy atom. The first-order valence-electron chi connectivity index (χ1n) is 7.58. The summed E-state index contributed by atoms with van der Waals surface area (Å²) in [5, 5.41) is 3.95. The normalized spacial score (nSPS) is 41.1. The number of nitrogens with one attached hydrogen (secondary N) is 1. The van der Waals surface area contributed by atoms with Gasteiger partial charge < -0.3 is 10.2 Å². The van der Waals surface area contributed by atoms with Crippen LogP contribution >= 0.6 is 0 Å². The lowest BCUT2D eigenvalue weighted by Crippen LogP contribution is -2.42. The molecule has 3 unspecified atom stereocenters. The first-order chi connectivity index (χ1) is 8.13. The van der Waals surface area contributed by atoms with E-state index in [0.717, 1.165) is 23.9 Å². The van der Waals surface area contributed by atoms with Crippen LogP contribution in [0.2, 0.25) is 0 Å². The minimum absolute atomic E-state index is 0.780. The molecule has 2 rings (SSSR count). The van der Waals surface area contributed by atoms with Gasteiger partial charge >= 0.3 is 0 Å². The summed E-state index contributed by atoms with van der Waals surface area (Å²) in [6.07, 6.45) is 8.32. The second-order valence-electron chi connectivity index (χ2n) is 6.71. The molecule has 0 aromatic rings. The molecule has 0 aromatic carbocycles. The molecule has 1 heterocycles. The van der Waals surface area contributed by atoms with Crippen molar-refractivity contribution in [2.75, 3.05) is 20.1 Å². The van der Waals surface area contributed by atoms with Gasteiger partial charge in [-0.2, -0.15) is 0 Å². The van der Waals surface area contributed by atoms with Crippen LogP contribution in [0.5, 0.6) is 0 Å². The molecule has 1 saturated heterocycles. The zero-order chi connectivity index (χ0) is 12.3. The van der Waals surface area contributed by atoms with E-state index in [1.165, 1.54) is 51.6 Å². The highest BCUT2D eigenvalue weighted by Gasteiger charge is 2.26. The van der Waals surface area contributed by atoms with Gasteiger partial charge in [0.15, 0.2) is 0 Å². The molecule has 1 saturated carbocycles. The van der Waals surface area contributed by atoms with Crippen LogP contribution in [0, 0.1) is 11.8 Å². The number of hydrogen-bond acceptors (Lipinski definition) is 2. The Bertz CT molecular complexity index is 219. The van der Waals surface area contributed by atoms with Crippen molar-refractivity contribution in [2.45, 2.75) is 64.5 Å². The maximum Gasteiger partial charge on any atom is 0.00823 e. The quantitative estimate of drug-likeness (QED) is 0.796. The first kappa shape index (κ1) is 13.4. The third-order valence-corrected chi connectivity index (χ3v) is 4.60. The van der Waals surface area contributed by atoms with Crippen molar-refractivity contribution < 1.29 is 0 Å². The Balaban J connectivity index is 1.79. The molecule has 2 heteroatoms. The minimum Gasteiger partial charge on any atom is -0.311 e. The third-order valence-electron chi connectivity index (χ3n) is 4.60. The number of likely N-dealkylation sites (tertiary alicyclic amines) is 1. The van der Waals surface area contributed by atoms with Gasteiger partial charge in [0.1, 0.15) is 0 Å². The zero-order valence-corrected chi connectivity index (χ0v) is 11.9. The lowest BCUT2D eigenvalue weighted by Gasteiger charge is -2.34. The molecule has 1 aliphatic carbocycles. The van der Waals surface area contributed by atoms with Crippen molar-refractivity contribution >= 4 is 0 Å². The van der Waals surface area contributed by atoms with Gasteiger partial charge in [-0.25, -0.2) is 0 Å². The van der Waals surface area contributed by atoms with Crippen molar-refractivity contribution in [3.05, 3.63) is 0 Å². The van der Waals surface area contributed by atoms with Gasteiger partial charge in [0, 0.05) is 12.1 Å². The van der Waals surface area contributed by atoms with Gasteiger partial charge in [0.2, 0.25) is 0 Å². The molecular weight excluding hydrogens is 208 g/mol. The van der Waals surface area contributed by atoms with Crippen LogP contribution in [0.25, 0.3) is 0 Å². The lowest BCUT2D eigenvalue weighted by molar-refractivity contribution is 0.220. The summed E-state index contributed by atoms with van der Waals surface area (Å²) < 4.78 is 0. The topological polar surface area (TPSA) is 15.3 Å². The maximum absolute atomic E-state index is 3.95. The van der Waals surface area contributed by atoms with Crippen LogP contribution in [-0.4, -0.2) is 37.1 Å². The zero-order valence-electron chi connectivity index (χ0n) is 11.9. The highest BCUT2D eigenvalue weighted by atomic mass is 15.1. The van der Waals surface area contributed by atoms with Crippen LogP contribution in [0.4, 0.5) is 0 Å². The van der Waals surface area contributed by atoms with Gasteiger partial charge in [0.05, 0.1) is 0 Å². The molecule has 0 bridgehead atoms. The molecule has 0 aromatic heterocycles. The predicted octanol–water partition coefficient (Wildman–Crippen LogP) is 2.89. The Morgan fingerprint density at radius 1 is 0.882 bits per heavy atom. The van der Waals surface area contributed by atoms with Crippen molar-refractivity contribution in [3.63, 3.8) is 0 Å². The van der Waals surface area contributed by atoms with Crippen LogP contribution < -0.4 is 5.32 Å². The summed E-state index contributed by atoms with van der Waals surface area (Å²) in [5.41, 5.74) is 0. The lowest BCUT2D eigenvalue weighted by atomic mass is 9.80. The smallest absolute Gasteiger partial charge is 0.00823 e. The Hall–Kier alpha value is -0.0800. The fourth-order valence-electron chi connectivity index (χ4n) is 3.82. The van der Waals surface area contributed by atoms with E-state index in [2.05, 4.69) is 31.1 Å². The molecule has 0 amide bonds. The maximum atomic E-state index is 3.95. The van der Waals surface area contributed by atoms with E-state index in [-0.39, 0.29) is 0 Å². The molecule has 3 atom stereocenters. The van der Waals surface area contributed by atoms with Gasteiger partial charge in [-0.3, -0.25) is 0 Å². The van der Waals surface area contributed by atoms with E-state index in [9.17, 15) is 0 Å². The highest BCUT2D eigenvalue weighted by molar-refractivity contribution is 4.84. The molecule has 2 aliphatic rings. The monoisotopic (exact) mass is 238 g/mol. The number of hydrogen-bond donors (Lipinski definition) is 1. The van der Waals surface area contributed by atoms with Gasteiger partial charge in [-0.05, 0) is 70.5 Å². The standard InChI is InChI=1S/C15H30N2/c1-12-9-13(2)11-15(10-12)16-14-5-4-7-17(3)8-6-14/h12-16H,4-11H2,1-3H3. The predicted molar refractivity (Wildman–Crippen MR) is 74.2 cm³/mol. The average molecular weight is 238 g/mol. The molecular formula is C15H30N2. The summed E-state index contributed by atoms with van der Waals surface area (Å²) in [6.45, 7) is 7.40. The summed E-state index contributed by atoms with van der Waals surface area (Å²) in [7, 11) is 2.26. The number of nitrogens with zero attached hydrogens (tertiary/aromatic N) is 1. The van der Waals surface area contributed by atoms with Crippen LogP contribution in [0.1, 0.15) is 52.4 Å². The van der Waals surface area contributed by atoms with E-state index in [0.29, 0.717) is 0 Å². The van der Waals surface area contributed by atoms with Crippen molar-refractivity contribution in [1.29, 1.82) is 0 Å². The summed E-state index contributed by atoms with van der Waals surface area (Å²) in [6, 6.07) is 1.57. The van der Waals surface area contributed by atoms with Gasteiger partial charge in [-0.15, -0.1) is 0 Å². The highest BCUT2D eigenvalue weighted by Crippen LogP contribution is 2.29. The fourth-order valence-corrected chi connectivity index (χ4v) is 3.82. The van der Waals surface area contributed by atoms with Gasteiger partial charge in [-0.1, -0.05) is 13.8 Å². The first-order valence-corrected chi connectivity index (χ1v) is 7.58. The molecule has 17 heavy (non-hydrogen) atoms. The Morgan fingerprint density at radius 3 is 2.29 bits per heavy atom. The SMILES string of the molecule is CC1CC(C)CC(NC2CCCN(C)CC2)C1. The molecule has 100 valence electrons. The molecule has 1 aliphatic heterocycles. The fraction of sp³-hybridized carbons (Fsp3) is 1.00. The summed E-state index contributed by atoms with van der Waals surface area (Å²) >= 11 is 0. The van der Waals surface area contributed by atoms with Crippen LogP contribution in [0.15, 0.2) is 0 Å². The average Bonchev–Trinajstić information content (AvgIpc) is 2.42. The van der Waals surface area contributed by atoms with Gasteiger partial charge in [0.25, 0.3) is 0 Å². The second kappa shape index (κ2) is 6.19. The van der Waals surface area contributed by atoms with Crippen molar-refractivity contribution in [1.82, 2.24) is 10.2 Å². The van der Waals surface area contributed by atoms with E-state index in [1.807, 2.05) is 0 Å². The van der Waals surface area contributed by atoms with Crippen molar-refractivity contribution in [3.8, 4) is 0 Å². The van der Waals surface area contributed by atoms with E-state index in [4.69, 9.17) is 0 Å². The van der Waals surface area contributed by atoms with E-state index >= 15 is 0 Å². The van der Waals surface area contributed by atoms with Crippen LogP contribution in [-0.2, 0) is 0 Å². The van der Waals surface area contributed by atoms with Crippen molar-refractivity contribution in [2.24, 2.45) is 11.8 Å². The third kappa shape index (κ3) is 4.26. The van der Waals surface area contributed by atoms with E-state index in [1.54, 1.807) is 0 Å². The molecule has 1 N–H and O–H groups in total. The minimum atomic E-state index is 0.780. The number of rotatable bonds is 2. The second-order valence-corrected chi connectivity index (χ2v) is 6.71. The summed E-state index contributed by atoms with van der Waals surface area (Å²) in [5.74, 6) is 1.84. The summed E-state index contributed by atoms with van der Waals surface area (Å²) in [4.78, 5) is 2.48. The van der Waals surface area contributed by atoms with E-state index < -0.39 is 0 Å². The van der Waals surface area contributed by atoms with Crippen LogP contribution in [0.3, 0.4) is 0 Å². The molecule has 0 radical (unpaired) electrons. The molecule has 2 nitrogen and oxygen atoms in total. The largest absolute Gasteiger partial charge is 0.311 e. The molecule has 0 spiro atoms.